The van der Waals surface area contributed by atoms with Crippen molar-refractivity contribution in [3.63, 3.8) is 0 Å². The van der Waals surface area contributed by atoms with Crippen LogP contribution in [0.2, 0.25) is 0 Å². The number of ether oxygens (including phenoxy) is 1. The molecule has 1 N–H and O–H groups in total. The van der Waals surface area contributed by atoms with E-state index in [2.05, 4.69) is 9.97 Å². The molecule has 3 heterocycles. The van der Waals surface area contributed by atoms with Gasteiger partial charge in [-0.1, -0.05) is 24.3 Å². The van der Waals surface area contributed by atoms with Crippen LogP contribution in [0.4, 0.5) is 0 Å². The zero-order valence-corrected chi connectivity index (χ0v) is 19.9. The molecule has 4 aromatic rings. The van der Waals surface area contributed by atoms with E-state index < -0.39 is 10.0 Å². The molecule has 0 bridgehead atoms. The maximum absolute atomic E-state index is 13.2. The molecule has 1 fully saturated rings. The number of carbonyl (C=O) groups is 1. The maximum Gasteiger partial charge on any atom is 0.245 e. The van der Waals surface area contributed by atoms with E-state index >= 15 is 0 Å². The van der Waals surface area contributed by atoms with E-state index in [9.17, 15) is 13.2 Å². The number of aromatic amines is 1. The summed E-state index contributed by atoms with van der Waals surface area (Å²) >= 11 is 0. The fourth-order valence-corrected chi connectivity index (χ4v) is 6.06. The molecule has 0 spiro atoms. The first kappa shape index (κ1) is 22.4. The zero-order chi connectivity index (χ0) is 23.9. The van der Waals surface area contributed by atoms with E-state index in [1.165, 1.54) is 10.5 Å². The molecule has 5 rings (SSSR count). The Bertz CT molecular complexity index is 1470. The van der Waals surface area contributed by atoms with Gasteiger partial charge < -0.3 is 14.6 Å². The van der Waals surface area contributed by atoms with Crippen LogP contribution < -0.4 is 4.74 Å². The summed E-state index contributed by atoms with van der Waals surface area (Å²) in [6, 6.07) is 15.3. The second-order valence-electron chi connectivity index (χ2n) is 8.48. The summed E-state index contributed by atoms with van der Waals surface area (Å²) in [5.74, 6) is 0.469. The fourth-order valence-electron chi connectivity index (χ4n) is 4.49. The number of pyridine rings is 1. The van der Waals surface area contributed by atoms with Gasteiger partial charge >= 0.3 is 0 Å². The van der Waals surface area contributed by atoms with E-state index in [0.717, 1.165) is 22.1 Å². The first-order valence-electron chi connectivity index (χ1n) is 11.2. The number of fused-ring (bicyclic) bond motifs is 2. The Morgan fingerprint density at radius 1 is 1.06 bits per heavy atom. The van der Waals surface area contributed by atoms with Crippen LogP contribution in [-0.4, -0.2) is 66.8 Å². The van der Waals surface area contributed by atoms with Gasteiger partial charge in [0, 0.05) is 44.0 Å². The van der Waals surface area contributed by atoms with Gasteiger partial charge in [-0.3, -0.25) is 4.79 Å². The van der Waals surface area contributed by atoms with Gasteiger partial charge in [-0.05, 0) is 47.5 Å². The van der Waals surface area contributed by atoms with Crippen LogP contribution in [0.3, 0.4) is 0 Å². The minimum absolute atomic E-state index is 0.00111. The number of hydrogen-bond donors (Lipinski definition) is 1. The summed E-state index contributed by atoms with van der Waals surface area (Å²) in [5, 5.41) is 2.67. The molecule has 0 unspecified atom stereocenters. The molecule has 176 valence electrons. The van der Waals surface area contributed by atoms with Gasteiger partial charge in [-0.25, -0.2) is 13.4 Å². The molecule has 1 aliphatic heterocycles. The van der Waals surface area contributed by atoms with Crippen LogP contribution in [0.5, 0.6) is 5.75 Å². The Labute approximate surface area is 198 Å². The Balaban J connectivity index is 1.28. The van der Waals surface area contributed by atoms with E-state index in [4.69, 9.17) is 4.74 Å². The largest absolute Gasteiger partial charge is 0.497 e. The smallest absolute Gasteiger partial charge is 0.245 e. The van der Waals surface area contributed by atoms with E-state index in [1.807, 2.05) is 43.3 Å². The van der Waals surface area contributed by atoms with Crippen LogP contribution in [0, 0.1) is 0 Å². The molecule has 1 amide bonds. The monoisotopic (exact) mass is 478 g/mol. The minimum atomic E-state index is -3.68. The molecule has 1 saturated heterocycles. The van der Waals surface area contributed by atoms with Crippen molar-refractivity contribution in [2.45, 2.75) is 17.7 Å². The first-order chi connectivity index (χ1) is 16.4. The Morgan fingerprint density at radius 2 is 1.79 bits per heavy atom. The number of nitrogens with zero attached hydrogens (tertiary/aromatic N) is 3. The summed E-state index contributed by atoms with van der Waals surface area (Å²) in [7, 11) is -2.05. The molecular formula is C25H26N4O4S. The van der Waals surface area contributed by atoms with Crippen molar-refractivity contribution >= 4 is 37.7 Å². The average Bonchev–Trinajstić information content (AvgIpc) is 3.32. The summed E-state index contributed by atoms with van der Waals surface area (Å²) in [6.07, 6.45) is 3.11. The van der Waals surface area contributed by atoms with Crippen LogP contribution in [0.15, 0.2) is 65.8 Å². The summed E-state index contributed by atoms with van der Waals surface area (Å²) in [5.41, 5.74) is 1.47. The zero-order valence-electron chi connectivity index (χ0n) is 19.1. The minimum Gasteiger partial charge on any atom is -0.497 e. The Kier molecular flexibility index (Phi) is 5.75. The van der Waals surface area contributed by atoms with Gasteiger partial charge in [0.1, 0.15) is 16.3 Å². The number of benzene rings is 2. The van der Waals surface area contributed by atoms with E-state index in [-0.39, 0.29) is 29.8 Å². The third kappa shape index (κ3) is 3.91. The number of aromatic nitrogens is 2. The maximum atomic E-state index is 13.2. The highest BCUT2D eigenvalue weighted by Gasteiger charge is 2.33. The van der Waals surface area contributed by atoms with Crippen molar-refractivity contribution in [2.75, 3.05) is 33.3 Å². The summed E-state index contributed by atoms with van der Waals surface area (Å²) in [6.45, 7) is 3.12. The van der Waals surface area contributed by atoms with Crippen molar-refractivity contribution in [2.24, 2.45) is 0 Å². The lowest BCUT2D eigenvalue weighted by Gasteiger charge is -2.35. The number of hydrogen-bond acceptors (Lipinski definition) is 5. The van der Waals surface area contributed by atoms with Gasteiger partial charge in [0.25, 0.3) is 0 Å². The molecule has 34 heavy (non-hydrogen) atoms. The van der Waals surface area contributed by atoms with E-state index in [0.29, 0.717) is 24.1 Å². The fraction of sp³-hybridized carbons (Fsp3) is 0.280. The van der Waals surface area contributed by atoms with Crippen LogP contribution in [-0.2, 0) is 14.8 Å². The molecule has 0 aliphatic carbocycles. The molecule has 9 heteroatoms. The predicted molar refractivity (Wildman–Crippen MR) is 130 cm³/mol. The molecule has 2 aromatic carbocycles. The van der Waals surface area contributed by atoms with Gasteiger partial charge in [-0.2, -0.15) is 4.31 Å². The second-order valence-corrected chi connectivity index (χ2v) is 10.4. The standard InChI is InChI=1S/C25H26N4O4S/c1-17(18-5-6-20-15-21(33-2)8-7-19(20)14-18)25(30)28-10-12-29(13-11-28)34(31,32)23-16-27-24-22(23)4-3-9-26-24/h3-9,14-17H,10-13H2,1-2H3,(H,26,27)/t17-/m0/s1. The van der Waals surface area contributed by atoms with Crippen molar-refractivity contribution in [1.82, 2.24) is 19.2 Å². The molecule has 2 aromatic heterocycles. The van der Waals surface area contributed by atoms with Crippen molar-refractivity contribution in [3.05, 3.63) is 66.5 Å². The lowest BCUT2D eigenvalue weighted by atomic mass is 9.96. The topological polar surface area (TPSA) is 95.6 Å². The van der Waals surface area contributed by atoms with Crippen LogP contribution in [0.1, 0.15) is 18.4 Å². The highest BCUT2D eigenvalue weighted by atomic mass is 32.2. The highest BCUT2D eigenvalue weighted by molar-refractivity contribution is 7.89. The molecular weight excluding hydrogens is 452 g/mol. The van der Waals surface area contributed by atoms with Gasteiger partial charge in [0.15, 0.2) is 0 Å². The molecule has 8 nitrogen and oxygen atoms in total. The SMILES string of the molecule is COc1ccc2cc([C@H](C)C(=O)N3CCN(S(=O)(=O)c4c[nH]c5ncccc45)CC3)ccc2c1. The van der Waals surface area contributed by atoms with Crippen molar-refractivity contribution in [1.29, 1.82) is 0 Å². The lowest BCUT2D eigenvalue weighted by molar-refractivity contribution is -0.133. The predicted octanol–water partition coefficient (Wildman–Crippen LogP) is 3.36. The second kappa shape index (κ2) is 8.73. The van der Waals surface area contributed by atoms with Gasteiger partial charge in [-0.15, -0.1) is 0 Å². The number of methoxy groups -OCH3 is 1. The number of amides is 1. The average molecular weight is 479 g/mol. The van der Waals surface area contributed by atoms with Gasteiger partial charge in [0.05, 0.1) is 13.0 Å². The third-order valence-corrected chi connectivity index (χ3v) is 8.46. The number of nitrogens with one attached hydrogen (secondary N) is 1. The normalized spacial score (nSPS) is 16.1. The Morgan fingerprint density at radius 3 is 2.56 bits per heavy atom. The first-order valence-corrected chi connectivity index (χ1v) is 12.6. The highest BCUT2D eigenvalue weighted by Crippen LogP contribution is 2.28. The molecule has 0 saturated carbocycles. The number of carbonyl (C=O) groups excluding carboxylic acids is 1. The van der Waals surface area contributed by atoms with Crippen molar-refractivity contribution in [3.8, 4) is 5.75 Å². The molecule has 1 aliphatic rings. The third-order valence-electron chi connectivity index (χ3n) is 6.52. The quantitative estimate of drug-likeness (QED) is 0.475. The number of piperazine rings is 1. The number of H-pyrrole nitrogens is 1. The lowest BCUT2D eigenvalue weighted by Crippen LogP contribution is -2.51. The van der Waals surface area contributed by atoms with Crippen LogP contribution in [0.25, 0.3) is 21.8 Å². The molecule has 1 atom stereocenters. The van der Waals surface area contributed by atoms with Gasteiger partial charge in [0.2, 0.25) is 15.9 Å². The summed E-state index contributed by atoms with van der Waals surface area (Å²) in [4.78, 5) is 22.3. The molecule has 0 radical (unpaired) electrons. The van der Waals surface area contributed by atoms with E-state index in [1.54, 1.807) is 30.3 Å². The summed E-state index contributed by atoms with van der Waals surface area (Å²) < 4.78 is 33.2. The van der Waals surface area contributed by atoms with Crippen molar-refractivity contribution < 1.29 is 17.9 Å². The Hall–Kier alpha value is -3.43. The van der Waals surface area contributed by atoms with Crippen LogP contribution >= 0.6 is 0 Å². The number of sulfonamides is 1. The number of rotatable bonds is 5.